The summed E-state index contributed by atoms with van der Waals surface area (Å²) in [4.78, 5) is 10.6. The molecule has 2 N–H and O–H groups in total. The molecule has 1 aromatic rings. The molecule has 17 heavy (non-hydrogen) atoms. The highest BCUT2D eigenvalue weighted by Crippen LogP contribution is 2.20. The van der Waals surface area contributed by atoms with Gasteiger partial charge in [0.25, 0.3) is 0 Å². The number of aromatic nitrogens is 2. The van der Waals surface area contributed by atoms with Crippen LogP contribution in [0.15, 0.2) is 6.07 Å². The third-order valence-electron chi connectivity index (χ3n) is 2.27. The molecule has 1 unspecified atom stereocenters. The number of nitrogens with zero attached hydrogens (tertiary/aromatic N) is 2. The standard InChI is InChI=1S/C10H13Cl2N3O2/c1-6(10(16)17)3-2-4-13-7-5-8(11)14-15-9(7)12/h5-6H,2-4H2,1H3,(H,13,14)(H,16,17). The first kappa shape index (κ1) is 14.0. The molecule has 0 aliphatic carbocycles. The minimum Gasteiger partial charge on any atom is -0.481 e. The van der Waals surface area contributed by atoms with Crippen molar-refractivity contribution in [3.8, 4) is 0 Å². The van der Waals surface area contributed by atoms with Crippen LogP contribution in [0.4, 0.5) is 5.69 Å². The van der Waals surface area contributed by atoms with Gasteiger partial charge in [0.1, 0.15) is 0 Å². The number of hydrogen-bond donors (Lipinski definition) is 2. The minimum absolute atomic E-state index is 0.251. The van der Waals surface area contributed by atoms with Crippen LogP contribution < -0.4 is 5.32 Å². The topological polar surface area (TPSA) is 75.1 Å². The fraction of sp³-hybridized carbons (Fsp3) is 0.500. The Kier molecular flexibility index (Phi) is 5.44. The van der Waals surface area contributed by atoms with Crippen molar-refractivity contribution in [3.63, 3.8) is 0 Å². The smallest absolute Gasteiger partial charge is 0.306 e. The average Bonchev–Trinajstić information content (AvgIpc) is 2.28. The van der Waals surface area contributed by atoms with Crippen molar-refractivity contribution in [2.75, 3.05) is 11.9 Å². The zero-order chi connectivity index (χ0) is 12.8. The molecular formula is C10H13Cl2N3O2. The maximum absolute atomic E-state index is 10.6. The number of aliphatic carboxylic acids is 1. The third-order valence-corrected chi connectivity index (χ3v) is 2.73. The molecule has 1 heterocycles. The van der Waals surface area contributed by atoms with E-state index >= 15 is 0 Å². The minimum atomic E-state index is -0.781. The van der Waals surface area contributed by atoms with Gasteiger partial charge in [0.15, 0.2) is 10.3 Å². The van der Waals surface area contributed by atoms with Gasteiger partial charge in [-0.3, -0.25) is 4.79 Å². The van der Waals surface area contributed by atoms with Gasteiger partial charge >= 0.3 is 5.97 Å². The maximum Gasteiger partial charge on any atom is 0.306 e. The molecule has 0 saturated heterocycles. The van der Waals surface area contributed by atoms with E-state index in [-0.39, 0.29) is 16.2 Å². The second kappa shape index (κ2) is 6.61. The van der Waals surface area contributed by atoms with Crippen LogP contribution >= 0.6 is 23.2 Å². The molecule has 0 saturated carbocycles. The Morgan fingerprint density at radius 3 is 2.88 bits per heavy atom. The van der Waals surface area contributed by atoms with Crippen LogP contribution in [0.3, 0.4) is 0 Å². The van der Waals surface area contributed by atoms with Crippen molar-refractivity contribution in [1.82, 2.24) is 10.2 Å². The van der Waals surface area contributed by atoms with Crippen molar-refractivity contribution in [2.24, 2.45) is 5.92 Å². The largest absolute Gasteiger partial charge is 0.481 e. The summed E-state index contributed by atoms with van der Waals surface area (Å²) in [5.74, 6) is -1.12. The number of hydrogen-bond acceptors (Lipinski definition) is 4. The first-order valence-corrected chi connectivity index (χ1v) is 5.91. The van der Waals surface area contributed by atoms with Crippen molar-refractivity contribution >= 4 is 34.9 Å². The highest BCUT2D eigenvalue weighted by Gasteiger charge is 2.10. The Labute approximate surface area is 109 Å². The molecule has 5 nitrogen and oxygen atoms in total. The maximum atomic E-state index is 10.6. The van der Waals surface area contributed by atoms with E-state index in [1.54, 1.807) is 13.0 Å². The lowest BCUT2D eigenvalue weighted by molar-refractivity contribution is -0.141. The van der Waals surface area contributed by atoms with E-state index in [9.17, 15) is 4.79 Å². The number of nitrogens with one attached hydrogen (secondary N) is 1. The van der Waals surface area contributed by atoms with E-state index in [0.717, 1.165) is 6.42 Å². The van der Waals surface area contributed by atoms with Gasteiger partial charge in [-0.2, -0.15) is 0 Å². The second-order valence-corrected chi connectivity index (χ2v) is 4.43. The lowest BCUT2D eigenvalue weighted by Gasteiger charge is -2.09. The second-order valence-electron chi connectivity index (χ2n) is 3.68. The first-order valence-electron chi connectivity index (χ1n) is 5.16. The molecular weight excluding hydrogens is 265 g/mol. The molecule has 0 aliphatic heterocycles. The fourth-order valence-electron chi connectivity index (χ4n) is 1.23. The summed E-state index contributed by atoms with van der Waals surface area (Å²) in [6.45, 7) is 2.29. The number of anilines is 1. The summed E-state index contributed by atoms with van der Waals surface area (Å²) < 4.78 is 0. The lowest BCUT2D eigenvalue weighted by atomic mass is 10.1. The van der Waals surface area contributed by atoms with Crippen molar-refractivity contribution in [2.45, 2.75) is 19.8 Å². The predicted molar refractivity (Wildman–Crippen MR) is 66.6 cm³/mol. The Morgan fingerprint density at radius 1 is 1.53 bits per heavy atom. The van der Waals surface area contributed by atoms with Crippen LogP contribution in [0.2, 0.25) is 10.3 Å². The Balaban J connectivity index is 2.36. The number of carboxylic acids is 1. The van der Waals surface area contributed by atoms with E-state index < -0.39 is 5.97 Å². The Hall–Kier alpha value is -1.07. The summed E-state index contributed by atoms with van der Waals surface area (Å²) in [6, 6.07) is 1.58. The van der Waals surface area contributed by atoms with Gasteiger partial charge in [-0.05, 0) is 12.8 Å². The van der Waals surface area contributed by atoms with Gasteiger partial charge < -0.3 is 10.4 Å². The van der Waals surface area contributed by atoms with Crippen LogP contribution in [0.5, 0.6) is 0 Å². The van der Waals surface area contributed by atoms with Crippen LogP contribution in [-0.2, 0) is 4.79 Å². The zero-order valence-electron chi connectivity index (χ0n) is 9.28. The van der Waals surface area contributed by atoms with Crippen molar-refractivity contribution < 1.29 is 9.90 Å². The molecule has 1 atom stereocenters. The molecule has 0 radical (unpaired) electrons. The summed E-state index contributed by atoms with van der Waals surface area (Å²) in [7, 11) is 0. The van der Waals surface area contributed by atoms with Gasteiger partial charge in [-0.15, -0.1) is 10.2 Å². The number of halogens is 2. The highest BCUT2D eigenvalue weighted by molar-refractivity contribution is 6.33. The van der Waals surface area contributed by atoms with Crippen LogP contribution in [0.25, 0.3) is 0 Å². The summed E-state index contributed by atoms with van der Waals surface area (Å²) in [6.07, 6.45) is 1.33. The third kappa shape index (κ3) is 4.75. The van der Waals surface area contributed by atoms with Gasteiger partial charge in [-0.25, -0.2) is 0 Å². The average molecular weight is 278 g/mol. The van der Waals surface area contributed by atoms with Crippen molar-refractivity contribution in [3.05, 3.63) is 16.4 Å². The normalized spacial score (nSPS) is 12.2. The summed E-state index contributed by atoms with van der Waals surface area (Å²) in [5.41, 5.74) is 0.606. The van der Waals surface area contributed by atoms with Crippen LogP contribution in [-0.4, -0.2) is 27.8 Å². The molecule has 1 aromatic heterocycles. The van der Waals surface area contributed by atoms with Crippen LogP contribution in [0, 0.1) is 5.92 Å². The van der Waals surface area contributed by atoms with E-state index in [1.165, 1.54) is 0 Å². The quantitative estimate of drug-likeness (QED) is 0.782. The van der Waals surface area contributed by atoms with Gasteiger partial charge in [0.2, 0.25) is 0 Å². The number of rotatable bonds is 6. The molecule has 7 heteroatoms. The molecule has 0 aliphatic rings. The number of carbonyl (C=O) groups is 1. The number of carboxylic acid groups (broad SMARTS) is 1. The van der Waals surface area contributed by atoms with E-state index in [4.69, 9.17) is 28.3 Å². The van der Waals surface area contributed by atoms with Gasteiger partial charge in [0.05, 0.1) is 11.6 Å². The molecule has 0 bridgehead atoms. The molecule has 0 amide bonds. The highest BCUT2D eigenvalue weighted by atomic mass is 35.5. The molecule has 94 valence electrons. The van der Waals surface area contributed by atoms with Gasteiger partial charge in [0, 0.05) is 12.6 Å². The summed E-state index contributed by atoms with van der Waals surface area (Å²) >= 11 is 11.5. The van der Waals surface area contributed by atoms with Crippen LogP contribution in [0.1, 0.15) is 19.8 Å². The van der Waals surface area contributed by atoms with Crippen molar-refractivity contribution in [1.29, 1.82) is 0 Å². The Morgan fingerprint density at radius 2 is 2.24 bits per heavy atom. The molecule has 0 fully saturated rings. The SMILES string of the molecule is CC(CCCNc1cc(Cl)nnc1Cl)C(=O)O. The van der Waals surface area contributed by atoms with E-state index in [0.29, 0.717) is 18.7 Å². The Bertz CT molecular complexity index is 401. The molecule has 0 spiro atoms. The molecule has 1 rings (SSSR count). The van der Waals surface area contributed by atoms with E-state index in [2.05, 4.69) is 15.5 Å². The summed E-state index contributed by atoms with van der Waals surface area (Å²) in [5, 5.41) is 19.5. The van der Waals surface area contributed by atoms with E-state index in [1.807, 2.05) is 0 Å². The lowest BCUT2D eigenvalue weighted by Crippen LogP contribution is -2.11. The predicted octanol–water partition coefficient (Wildman–Crippen LogP) is 2.70. The first-order chi connectivity index (χ1) is 8.00. The zero-order valence-corrected chi connectivity index (χ0v) is 10.8. The monoisotopic (exact) mass is 277 g/mol. The molecule has 0 aromatic carbocycles. The van der Waals surface area contributed by atoms with Gasteiger partial charge in [-0.1, -0.05) is 30.1 Å². The fourth-order valence-corrected chi connectivity index (χ4v) is 1.54.